The van der Waals surface area contributed by atoms with Crippen molar-refractivity contribution < 1.29 is 13.2 Å². The maximum Gasteiger partial charge on any atom is 0.253 e. The Morgan fingerprint density at radius 1 is 1.29 bits per heavy atom. The molecule has 1 atom stereocenters. The molecule has 3 rings (SSSR count). The van der Waals surface area contributed by atoms with Gasteiger partial charge in [0.1, 0.15) is 0 Å². The molecule has 1 aromatic heterocycles. The third-order valence-electron chi connectivity index (χ3n) is 4.26. The van der Waals surface area contributed by atoms with Crippen molar-refractivity contribution in [1.82, 2.24) is 14.5 Å². The Hall–Kier alpha value is -2.19. The summed E-state index contributed by atoms with van der Waals surface area (Å²) in [5.74, 6) is -0.155. The molecule has 1 saturated heterocycles. The predicted molar refractivity (Wildman–Crippen MR) is 89.8 cm³/mol. The molecule has 1 unspecified atom stereocenters. The fourth-order valence-corrected chi connectivity index (χ4v) is 3.80. The van der Waals surface area contributed by atoms with Crippen LogP contribution in [0.3, 0.4) is 0 Å². The number of piperidine rings is 1. The molecule has 2 N–H and O–H groups in total. The maximum absolute atomic E-state index is 12.6. The summed E-state index contributed by atoms with van der Waals surface area (Å²) in [4.78, 5) is 18.1. The second kappa shape index (κ2) is 6.74. The molecule has 1 aliphatic heterocycles. The summed E-state index contributed by atoms with van der Waals surface area (Å²) < 4.78 is 25.0. The first-order chi connectivity index (χ1) is 11.4. The second-order valence-electron chi connectivity index (χ2n) is 6.04. The lowest BCUT2D eigenvalue weighted by Gasteiger charge is -2.31. The number of primary sulfonamides is 1. The van der Waals surface area contributed by atoms with Crippen LogP contribution in [-0.2, 0) is 16.6 Å². The molecule has 24 heavy (non-hydrogen) atoms. The third kappa shape index (κ3) is 3.82. The standard InChI is InChI=1S/C16H20N4O3S/c17-24(22,23)15-2-1-8-20(11-15)16(21)14-5-3-13(4-6-14)10-19-9-7-18-12-19/h3-7,9,12,15H,1-2,8,10-11H2,(H2,17,22,23). The number of hydrogen-bond acceptors (Lipinski definition) is 4. The van der Waals surface area contributed by atoms with E-state index in [1.165, 1.54) is 0 Å². The Bertz CT molecular complexity index is 800. The molecular weight excluding hydrogens is 328 g/mol. The fraction of sp³-hybridized carbons (Fsp3) is 0.375. The molecular formula is C16H20N4O3S. The lowest BCUT2D eigenvalue weighted by atomic mass is 10.1. The topological polar surface area (TPSA) is 98.3 Å². The van der Waals surface area contributed by atoms with E-state index >= 15 is 0 Å². The van der Waals surface area contributed by atoms with E-state index in [0.717, 1.165) is 5.56 Å². The van der Waals surface area contributed by atoms with Crippen molar-refractivity contribution in [3.63, 3.8) is 0 Å². The minimum absolute atomic E-state index is 0.155. The first kappa shape index (κ1) is 16.7. The highest BCUT2D eigenvalue weighted by atomic mass is 32.2. The van der Waals surface area contributed by atoms with Crippen molar-refractivity contribution in [2.45, 2.75) is 24.6 Å². The van der Waals surface area contributed by atoms with Crippen molar-refractivity contribution >= 4 is 15.9 Å². The van der Waals surface area contributed by atoms with Crippen molar-refractivity contribution in [3.8, 4) is 0 Å². The van der Waals surface area contributed by atoms with E-state index in [-0.39, 0.29) is 12.5 Å². The Morgan fingerprint density at radius 2 is 2.04 bits per heavy atom. The van der Waals surface area contributed by atoms with E-state index in [1.807, 2.05) is 22.9 Å². The lowest BCUT2D eigenvalue weighted by molar-refractivity contribution is 0.0727. The van der Waals surface area contributed by atoms with Gasteiger partial charge >= 0.3 is 0 Å². The number of rotatable bonds is 4. The molecule has 1 aliphatic rings. The van der Waals surface area contributed by atoms with Gasteiger partial charge in [-0.05, 0) is 30.5 Å². The molecule has 0 bridgehead atoms. The number of likely N-dealkylation sites (tertiary alicyclic amines) is 1. The summed E-state index contributed by atoms with van der Waals surface area (Å²) in [7, 11) is -3.61. The van der Waals surface area contributed by atoms with Gasteiger partial charge in [0, 0.05) is 37.6 Å². The van der Waals surface area contributed by atoms with E-state index in [1.54, 1.807) is 29.6 Å². The van der Waals surface area contributed by atoms with E-state index in [9.17, 15) is 13.2 Å². The molecule has 2 aromatic rings. The van der Waals surface area contributed by atoms with Gasteiger partial charge in [0.2, 0.25) is 10.0 Å². The number of carbonyl (C=O) groups excluding carboxylic acids is 1. The second-order valence-corrected chi connectivity index (χ2v) is 7.88. The normalized spacial score (nSPS) is 18.5. The highest BCUT2D eigenvalue weighted by molar-refractivity contribution is 7.89. The van der Waals surface area contributed by atoms with Gasteiger partial charge < -0.3 is 9.47 Å². The van der Waals surface area contributed by atoms with Crippen LogP contribution >= 0.6 is 0 Å². The van der Waals surface area contributed by atoms with Gasteiger partial charge in [-0.15, -0.1) is 0 Å². The third-order valence-corrected chi connectivity index (χ3v) is 5.57. The Morgan fingerprint density at radius 3 is 2.67 bits per heavy atom. The van der Waals surface area contributed by atoms with Gasteiger partial charge in [0.25, 0.3) is 5.91 Å². The van der Waals surface area contributed by atoms with Gasteiger partial charge in [0.15, 0.2) is 0 Å². The van der Waals surface area contributed by atoms with Crippen molar-refractivity contribution in [1.29, 1.82) is 0 Å². The predicted octanol–water partition coefficient (Wildman–Crippen LogP) is 0.824. The molecule has 7 nitrogen and oxygen atoms in total. The van der Waals surface area contributed by atoms with Crippen LogP contribution in [0, 0.1) is 0 Å². The molecule has 2 heterocycles. The van der Waals surface area contributed by atoms with Crippen molar-refractivity contribution in [2.24, 2.45) is 5.14 Å². The largest absolute Gasteiger partial charge is 0.337 e. The summed E-state index contributed by atoms with van der Waals surface area (Å²) in [5, 5.41) is 4.55. The molecule has 1 aromatic carbocycles. The van der Waals surface area contributed by atoms with E-state index in [0.29, 0.717) is 31.5 Å². The zero-order valence-electron chi connectivity index (χ0n) is 13.2. The fourth-order valence-electron chi connectivity index (χ4n) is 2.92. The molecule has 0 radical (unpaired) electrons. The minimum atomic E-state index is -3.61. The average molecular weight is 348 g/mol. The number of carbonyl (C=O) groups is 1. The van der Waals surface area contributed by atoms with E-state index < -0.39 is 15.3 Å². The van der Waals surface area contributed by atoms with Crippen LogP contribution in [0.4, 0.5) is 0 Å². The zero-order valence-corrected chi connectivity index (χ0v) is 14.0. The van der Waals surface area contributed by atoms with Crippen LogP contribution in [-0.4, -0.2) is 47.1 Å². The summed E-state index contributed by atoms with van der Waals surface area (Å²) in [6.07, 6.45) is 6.48. The smallest absolute Gasteiger partial charge is 0.253 e. The molecule has 1 fully saturated rings. The van der Waals surface area contributed by atoms with Crippen molar-refractivity contribution in [3.05, 3.63) is 54.1 Å². The zero-order chi connectivity index (χ0) is 17.2. The number of imidazole rings is 1. The van der Waals surface area contributed by atoms with Crippen LogP contribution in [0.15, 0.2) is 43.0 Å². The van der Waals surface area contributed by atoms with Gasteiger partial charge in [-0.3, -0.25) is 4.79 Å². The molecule has 8 heteroatoms. The number of amides is 1. The number of nitrogens with two attached hydrogens (primary N) is 1. The summed E-state index contributed by atoms with van der Waals surface area (Å²) in [6.45, 7) is 1.40. The molecule has 1 amide bonds. The summed E-state index contributed by atoms with van der Waals surface area (Å²) >= 11 is 0. The van der Waals surface area contributed by atoms with Crippen LogP contribution < -0.4 is 5.14 Å². The van der Waals surface area contributed by atoms with Crippen LogP contribution in [0.25, 0.3) is 0 Å². The summed E-state index contributed by atoms with van der Waals surface area (Å²) in [6, 6.07) is 7.34. The van der Waals surface area contributed by atoms with E-state index in [4.69, 9.17) is 5.14 Å². The SMILES string of the molecule is NS(=O)(=O)C1CCCN(C(=O)c2ccc(Cn3ccnc3)cc2)C1. The number of hydrogen-bond donors (Lipinski definition) is 1. The first-order valence-corrected chi connectivity index (χ1v) is 9.40. The van der Waals surface area contributed by atoms with Crippen LogP contribution in [0.5, 0.6) is 0 Å². The van der Waals surface area contributed by atoms with Crippen molar-refractivity contribution in [2.75, 3.05) is 13.1 Å². The Labute approximate surface area is 141 Å². The molecule has 0 spiro atoms. The highest BCUT2D eigenvalue weighted by Gasteiger charge is 2.30. The van der Waals surface area contributed by atoms with Gasteiger partial charge in [-0.2, -0.15) is 0 Å². The maximum atomic E-state index is 12.6. The number of benzene rings is 1. The van der Waals surface area contributed by atoms with Gasteiger partial charge in [0.05, 0.1) is 11.6 Å². The molecule has 128 valence electrons. The van der Waals surface area contributed by atoms with Crippen LogP contribution in [0.1, 0.15) is 28.8 Å². The monoisotopic (exact) mass is 348 g/mol. The average Bonchev–Trinajstić information content (AvgIpc) is 3.07. The van der Waals surface area contributed by atoms with Crippen LogP contribution in [0.2, 0.25) is 0 Å². The first-order valence-electron chi connectivity index (χ1n) is 7.79. The Kier molecular flexibility index (Phi) is 4.68. The Balaban J connectivity index is 1.68. The summed E-state index contributed by atoms with van der Waals surface area (Å²) in [5.41, 5.74) is 1.62. The van der Waals surface area contributed by atoms with E-state index in [2.05, 4.69) is 4.98 Å². The quantitative estimate of drug-likeness (QED) is 0.884. The highest BCUT2D eigenvalue weighted by Crippen LogP contribution is 2.18. The van der Waals surface area contributed by atoms with Gasteiger partial charge in [-0.1, -0.05) is 12.1 Å². The lowest BCUT2D eigenvalue weighted by Crippen LogP contribution is -2.47. The molecule has 0 saturated carbocycles. The number of aromatic nitrogens is 2. The number of nitrogens with zero attached hydrogens (tertiary/aromatic N) is 3. The number of sulfonamides is 1. The van der Waals surface area contributed by atoms with Gasteiger partial charge in [-0.25, -0.2) is 18.5 Å². The minimum Gasteiger partial charge on any atom is -0.337 e. The molecule has 0 aliphatic carbocycles.